The van der Waals surface area contributed by atoms with E-state index in [9.17, 15) is 9.59 Å². The van der Waals surface area contributed by atoms with Gasteiger partial charge in [-0.05, 0) is 43.2 Å². The minimum atomic E-state index is -0.689. The Hall–Kier alpha value is -3.84. The van der Waals surface area contributed by atoms with Crippen LogP contribution in [0.3, 0.4) is 0 Å². The summed E-state index contributed by atoms with van der Waals surface area (Å²) in [6.45, 7) is 4.02. The van der Waals surface area contributed by atoms with Gasteiger partial charge in [0.1, 0.15) is 13.2 Å². The molecule has 2 aromatic carbocycles. The second-order valence-electron chi connectivity index (χ2n) is 7.85. The minimum absolute atomic E-state index is 0.0878. The fourth-order valence-electron chi connectivity index (χ4n) is 3.85. The van der Waals surface area contributed by atoms with Crippen molar-refractivity contribution in [1.29, 1.82) is 0 Å². The molecule has 3 rings (SSSR count). The summed E-state index contributed by atoms with van der Waals surface area (Å²) in [5.41, 5.74) is 10.1. The lowest BCUT2D eigenvalue weighted by Gasteiger charge is -2.30. The van der Waals surface area contributed by atoms with Crippen LogP contribution in [-0.2, 0) is 23.8 Å². The van der Waals surface area contributed by atoms with Crippen molar-refractivity contribution >= 4 is 23.7 Å². The Morgan fingerprint density at radius 3 is 2.26 bits per heavy atom. The van der Waals surface area contributed by atoms with Gasteiger partial charge >= 0.3 is 11.9 Å². The highest BCUT2D eigenvalue weighted by Gasteiger charge is 2.38. The SMILES string of the molecule is COCCOC(=O)C1=C(C)NC(C)=C(C(=O)OC/C=C/c2ccccc2)C1c1cccc(N)c1. The van der Waals surface area contributed by atoms with Crippen LogP contribution in [0.2, 0.25) is 0 Å². The molecule has 2 aromatic rings. The van der Waals surface area contributed by atoms with Crippen LogP contribution in [0.1, 0.15) is 30.9 Å². The van der Waals surface area contributed by atoms with E-state index in [4.69, 9.17) is 19.9 Å². The van der Waals surface area contributed by atoms with Crippen molar-refractivity contribution in [1.82, 2.24) is 5.32 Å². The zero-order chi connectivity index (χ0) is 24.5. The standard InChI is InChI=1S/C27H30N2O5/c1-18-23(26(30)33-14-8-11-20-9-5-4-6-10-20)25(21-12-7-13-22(28)17-21)24(19(2)29-18)27(31)34-16-15-32-3/h4-13,17,25,29H,14-16,28H2,1-3H3/b11-8+. The number of nitrogen functional groups attached to an aromatic ring is 1. The van der Waals surface area contributed by atoms with E-state index in [-0.39, 0.29) is 19.8 Å². The highest BCUT2D eigenvalue weighted by atomic mass is 16.6. The van der Waals surface area contributed by atoms with Crippen LogP contribution in [0.25, 0.3) is 6.08 Å². The Labute approximate surface area is 199 Å². The monoisotopic (exact) mass is 462 g/mol. The molecule has 1 heterocycles. The van der Waals surface area contributed by atoms with Gasteiger partial charge in [-0.15, -0.1) is 0 Å². The summed E-state index contributed by atoms with van der Waals surface area (Å²) in [6, 6.07) is 16.8. The molecule has 0 saturated heterocycles. The number of nitrogens with one attached hydrogen (secondary N) is 1. The molecular formula is C27H30N2O5. The number of hydrogen-bond acceptors (Lipinski definition) is 7. The number of methoxy groups -OCH3 is 1. The zero-order valence-electron chi connectivity index (χ0n) is 19.7. The van der Waals surface area contributed by atoms with E-state index in [1.807, 2.05) is 42.5 Å². The van der Waals surface area contributed by atoms with Gasteiger partial charge in [-0.3, -0.25) is 0 Å². The van der Waals surface area contributed by atoms with Crippen LogP contribution < -0.4 is 11.1 Å². The molecule has 178 valence electrons. The maximum absolute atomic E-state index is 13.2. The first-order valence-corrected chi connectivity index (χ1v) is 11.0. The molecule has 1 aliphatic heterocycles. The fourth-order valence-corrected chi connectivity index (χ4v) is 3.85. The number of benzene rings is 2. The van der Waals surface area contributed by atoms with Gasteiger partial charge in [0.15, 0.2) is 0 Å². The second-order valence-corrected chi connectivity index (χ2v) is 7.85. The number of anilines is 1. The van der Waals surface area contributed by atoms with Gasteiger partial charge in [0.25, 0.3) is 0 Å². The number of esters is 2. The Morgan fingerprint density at radius 2 is 1.62 bits per heavy atom. The minimum Gasteiger partial charge on any atom is -0.460 e. The van der Waals surface area contributed by atoms with Crippen molar-refractivity contribution in [2.75, 3.05) is 32.7 Å². The molecule has 1 atom stereocenters. The number of allylic oxidation sites excluding steroid dienone is 2. The van der Waals surface area contributed by atoms with Crippen LogP contribution >= 0.6 is 0 Å². The summed E-state index contributed by atoms with van der Waals surface area (Å²) >= 11 is 0. The number of carbonyl (C=O) groups is 2. The van der Waals surface area contributed by atoms with Crippen LogP contribution in [0.4, 0.5) is 5.69 Å². The van der Waals surface area contributed by atoms with Gasteiger partial charge in [-0.1, -0.05) is 48.5 Å². The number of nitrogens with two attached hydrogens (primary N) is 1. The molecule has 0 radical (unpaired) electrons. The maximum Gasteiger partial charge on any atom is 0.337 e. The van der Waals surface area contributed by atoms with Crippen molar-refractivity contribution in [2.45, 2.75) is 19.8 Å². The normalized spacial score (nSPS) is 15.9. The fraction of sp³-hybridized carbons (Fsp3) is 0.259. The van der Waals surface area contributed by atoms with E-state index in [2.05, 4.69) is 5.32 Å². The molecule has 7 heteroatoms. The number of rotatable bonds is 9. The second kappa shape index (κ2) is 11.9. The highest BCUT2D eigenvalue weighted by Crippen LogP contribution is 2.39. The molecule has 0 spiro atoms. The molecule has 1 aliphatic rings. The maximum atomic E-state index is 13.2. The predicted molar refractivity (Wildman–Crippen MR) is 131 cm³/mol. The van der Waals surface area contributed by atoms with Gasteiger partial charge < -0.3 is 25.3 Å². The Balaban J connectivity index is 1.88. The largest absolute Gasteiger partial charge is 0.460 e. The predicted octanol–water partition coefficient (Wildman–Crippen LogP) is 3.95. The topological polar surface area (TPSA) is 99.9 Å². The van der Waals surface area contributed by atoms with E-state index in [0.717, 1.165) is 5.56 Å². The van der Waals surface area contributed by atoms with E-state index < -0.39 is 17.9 Å². The number of dihydropyridines is 1. The number of hydrogen-bond donors (Lipinski definition) is 2. The summed E-state index contributed by atoms with van der Waals surface area (Å²) in [5.74, 6) is -1.74. The lowest BCUT2D eigenvalue weighted by molar-refractivity contribution is -0.140. The molecule has 0 fully saturated rings. The average molecular weight is 463 g/mol. The van der Waals surface area contributed by atoms with Gasteiger partial charge in [0, 0.05) is 24.2 Å². The van der Waals surface area contributed by atoms with Crippen molar-refractivity contribution in [3.05, 3.63) is 94.3 Å². The molecule has 7 nitrogen and oxygen atoms in total. The molecule has 34 heavy (non-hydrogen) atoms. The van der Waals surface area contributed by atoms with Gasteiger partial charge in [-0.25, -0.2) is 9.59 Å². The summed E-state index contributed by atoms with van der Waals surface area (Å²) in [5, 5.41) is 3.14. The third kappa shape index (κ3) is 6.14. The number of carbonyl (C=O) groups excluding carboxylic acids is 2. The molecule has 0 amide bonds. The van der Waals surface area contributed by atoms with Gasteiger partial charge in [0.2, 0.25) is 0 Å². The third-order valence-electron chi connectivity index (χ3n) is 5.39. The Morgan fingerprint density at radius 1 is 0.941 bits per heavy atom. The van der Waals surface area contributed by atoms with Crippen LogP contribution in [0, 0.1) is 0 Å². The molecule has 0 bridgehead atoms. The van der Waals surface area contributed by atoms with Crippen molar-refractivity contribution in [3.8, 4) is 0 Å². The Bertz CT molecular complexity index is 1120. The first-order chi connectivity index (χ1) is 16.4. The molecule has 0 aromatic heterocycles. The summed E-state index contributed by atoms with van der Waals surface area (Å²) in [7, 11) is 1.53. The van der Waals surface area contributed by atoms with Gasteiger partial charge in [0.05, 0.1) is 23.7 Å². The Kier molecular flexibility index (Phi) is 8.65. The summed E-state index contributed by atoms with van der Waals surface area (Å²) in [6.07, 6.45) is 3.65. The van der Waals surface area contributed by atoms with Crippen LogP contribution in [0.15, 0.2) is 83.2 Å². The quantitative estimate of drug-likeness (QED) is 0.331. The van der Waals surface area contributed by atoms with E-state index in [1.54, 1.807) is 38.1 Å². The third-order valence-corrected chi connectivity index (χ3v) is 5.39. The van der Waals surface area contributed by atoms with Crippen molar-refractivity contribution in [2.24, 2.45) is 0 Å². The molecule has 1 unspecified atom stereocenters. The average Bonchev–Trinajstić information content (AvgIpc) is 2.82. The summed E-state index contributed by atoms with van der Waals surface area (Å²) in [4.78, 5) is 26.3. The van der Waals surface area contributed by atoms with Crippen molar-refractivity contribution in [3.63, 3.8) is 0 Å². The summed E-state index contributed by atoms with van der Waals surface area (Å²) < 4.78 is 16.0. The smallest absolute Gasteiger partial charge is 0.337 e. The lowest BCUT2D eigenvalue weighted by atomic mass is 9.80. The number of ether oxygens (including phenoxy) is 3. The molecule has 3 N–H and O–H groups in total. The van der Waals surface area contributed by atoms with Crippen molar-refractivity contribution < 1.29 is 23.8 Å². The molecule has 0 saturated carbocycles. The van der Waals surface area contributed by atoms with E-state index in [0.29, 0.717) is 33.8 Å². The lowest BCUT2D eigenvalue weighted by Crippen LogP contribution is -2.33. The van der Waals surface area contributed by atoms with Gasteiger partial charge in [-0.2, -0.15) is 0 Å². The molecular weight excluding hydrogens is 432 g/mol. The zero-order valence-corrected chi connectivity index (χ0v) is 19.7. The van der Waals surface area contributed by atoms with Crippen LogP contribution in [-0.4, -0.2) is 38.9 Å². The van der Waals surface area contributed by atoms with E-state index in [1.165, 1.54) is 7.11 Å². The van der Waals surface area contributed by atoms with Crippen LogP contribution in [0.5, 0.6) is 0 Å². The van der Waals surface area contributed by atoms with E-state index >= 15 is 0 Å². The molecule has 0 aliphatic carbocycles. The first-order valence-electron chi connectivity index (χ1n) is 11.0. The first kappa shape index (κ1) is 24.8. The highest BCUT2D eigenvalue weighted by molar-refractivity contribution is 6.00.